The molecule has 0 aliphatic carbocycles. The van der Waals surface area contributed by atoms with Crippen LogP contribution in [0.4, 0.5) is 10.1 Å². The van der Waals surface area contributed by atoms with Gasteiger partial charge in [0.2, 0.25) is 5.78 Å². The number of carbonyl (C=O) groups is 1. The fourth-order valence-electron chi connectivity index (χ4n) is 2.70. The van der Waals surface area contributed by atoms with Crippen molar-refractivity contribution in [2.24, 2.45) is 0 Å². The van der Waals surface area contributed by atoms with Gasteiger partial charge in [-0.3, -0.25) is 4.79 Å². The number of nitrogens with two attached hydrogens (primary N) is 1. The van der Waals surface area contributed by atoms with Crippen LogP contribution in [-0.4, -0.2) is 24.5 Å². The smallest absolute Gasteiger partial charge is 0.208 e. The van der Waals surface area contributed by atoms with Crippen molar-refractivity contribution in [3.8, 4) is 17.0 Å². The molecule has 156 valence electrons. The van der Waals surface area contributed by atoms with E-state index in [1.165, 1.54) is 25.3 Å². The Morgan fingerprint density at radius 3 is 2.50 bits per heavy atom. The van der Waals surface area contributed by atoms with Crippen LogP contribution >= 0.6 is 34.8 Å². The molecule has 3 aromatic rings. The van der Waals surface area contributed by atoms with Crippen LogP contribution in [0.25, 0.3) is 11.3 Å². The van der Waals surface area contributed by atoms with Gasteiger partial charge in [0.25, 0.3) is 0 Å². The van der Waals surface area contributed by atoms with Gasteiger partial charge in [-0.25, -0.2) is 9.37 Å². The Balaban J connectivity index is 1.84. The minimum atomic E-state index is -0.725. The van der Waals surface area contributed by atoms with Crippen molar-refractivity contribution in [2.45, 2.75) is 6.61 Å². The topological polar surface area (TPSA) is 74.4 Å². The van der Waals surface area contributed by atoms with Crippen molar-refractivity contribution in [2.75, 3.05) is 19.5 Å². The summed E-state index contributed by atoms with van der Waals surface area (Å²) in [5.41, 5.74) is 6.91. The normalized spacial score (nSPS) is 10.8. The maximum atomic E-state index is 14.8. The number of hydrogen-bond acceptors (Lipinski definition) is 5. The van der Waals surface area contributed by atoms with Crippen molar-refractivity contribution >= 4 is 46.3 Å². The number of halogens is 4. The summed E-state index contributed by atoms with van der Waals surface area (Å²) >= 11 is 17.9. The van der Waals surface area contributed by atoms with E-state index in [0.717, 1.165) is 5.56 Å². The Hall–Kier alpha value is -2.38. The summed E-state index contributed by atoms with van der Waals surface area (Å²) in [4.78, 5) is 16.8. The third-order valence-corrected chi connectivity index (χ3v) is 5.14. The number of ketones is 1. The van der Waals surface area contributed by atoms with Gasteiger partial charge in [-0.15, -0.1) is 0 Å². The number of methoxy groups -OCH3 is 1. The van der Waals surface area contributed by atoms with E-state index in [0.29, 0.717) is 5.02 Å². The molecule has 1 aromatic heterocycles. The predicted molar refractivity (Wildman–Crippen MR) is 116 cm³/mol. The van der Waals surface area contributed by atoms with Gasteiger partial charge in [-0.05, 0) is 35.9 Å². The minimum absolute atomic E-state index is 0.0276. The molecule has 0 fully saturated rings. The Morgan fingerprint density at radius 2 is 1.83 bits per heavy atom. The number of benzene rings is 2. The SMILES string of the molecule is COc1c(Cl)ccc(-c2cc(N)c(Cl)c(C(=O)COCc3ccc(Cl)cc3)n2)c1F. The highest BCUT2D eigenvalue weighted by Gasteiger charge is 2.21. The third kappa shape index (κ3) is 4.84. The van der Waals surface area contributed by atoms with Gasteiger partial charge in [0.05, 0.1) is 35.1 Å². The molecule has 0 saturated carbocycles. The van der Waals surface area contributed by atoms with E-state index in [4.69, 9.17) is 50.0 Å². The molecule has 2 N–H and O–H groups in total. The highest BCUT2D eigenvalue weighted by molar-refractivity contribution is 6.36. The van der Waals surface area contributed by atoms with Gasteiger partial charge < -0.3 is 15.2 Å². The molecular formula is C21H16Cl3FN2O3. The second-order valence-electron chi connectivity index (χ2n) is 6.24. The highest BCUT2D eigenvalue weighted by atomic mass is 35.5. The standard InChI is InChI=1S/C21H16Cl3FN2O3/c1-29-21-14(23)7-6-13(19(21)25)16-8-15(26)18(24)20(27-16)17(28)10-30-9-11-2-4-12(22)5-3-11/h2-8H,9-10H2,1H3,(H2,26,27). The van der Waals surface area contributed by atoms with Gasteiger partial charge in [0, 0.05) is 10.6 Å². The summed E-state index contributed by atoms with van der Waals surface area (Å²) in [5, 5.41) is 0.678. The molecule has 0 saturated heterocycles. The van der Waals surface area contributed by atoms with E-state index in [-0.39, 0.29) is 51.6 Å². The molecule has 0 unspecified atom stereocenters. The lowest BCUT2D eigenvalue weighted by Crippen LogP contribution is -2.13. The first-order valence-electron chi connectivity index (χ1n) is 8.65. The molecule has 9 heteroatoms. The number of aromatic nitrogens is 1. The van der Waals surface area contributed by atoms with Gasteiger partial charge >= 0.3 is 0 Å². The molecule has 0 bridgehead atoms. The maximum Gasteiger partial charge on any atom is 0.208 e. The van der Waals surface area contributed by atoms with Crippen molar-refractivity contribution in [3.05, 3.63) is 74.6 Å². The van der Waals surface area contributed by atoms with E-state index in [1.54, 1.807) is 24.3 Å². The van der Waals surface area contributed by atoms with Crippen LogP contribution < -0.4 is 10.5 Å². The lowest BCUT2D eigenvalue weighted by atomic mass is 10.1. The number of anilines is 1. The molecule has 1 heterocycles. The predicted octanol–water partition coefficient (Wildman–Crippen LogP) is 5.84. The van der Waals surface area contributed by atoms with E-state index >= 15 is 0 Å². The monoisotopic (exact) mass is 468 g/mol. The molecule has 0 radical (unpaired) electrons. The molecule has 3 rings (SSSR count). The van der Waals surface area contributed by atoms with E-state index in [1.807, 2.05) is 0 Å². The maximum absolute atomic E-state index is 14.8. The molecule has 30 heavy (non-hydrogen) atoms. The summed E-state index contributed by atoms with van der Waals surface area (Å²) < 4.78 is 25.2. The molecule has 0 atom stereocenters. The molecule has 2 aromatic carbocycles. The Kier molecular flexibility index (Phi) is 7.15. The number of hydrogen-bond donors (Lipinski definition) is 1. The summed E-state index contributed by atoms with van der Waals surface area (Å²) in [6.07, 6.45) is 0. The van der Waals surface area contributed by atoms with Crippen LogP contribution in [-0.2, 0) is 11.3 Å². The van der Waals surface area contributed by atoms with Crippen LogP contribution in [0, 0.1) is 5.82 Å². The number of Topliss-reactive ketones (excluding diaryl/α,β-unsaturated/α-hetero) is 1. The summed E-state index contributed by atoms with van der Waals surface area (Å²) in [5.74, 6) is -1.36. The summed E-state index contributed by atoms with van der Waals surface area (Å²) in [7, 11) is 1.30. The van der Waals surface area contributed by atoms with Crippen LogP contribution in [0.3, 0.4) is 0 Å². The quantitative estimate of drug-likeness (QED) is 0.440. The van der Waals surface area contributed by atoms with Crippen LogP contribution in [0.1, 0.15) is 16.1 Å². The lowest BCUT2D eigenvalue weighted by molar-refractivity contribution is 0.0722. The Morgan fingerprint density at radius 1 is 1.13 bits per heavy atom. The van der Waals surface area contributed by atoms with Crippen molar-refractivity contribution < 1.29 is 18.7 Å². The highest BCUT2D eigenvalue weighted by Crippen LogP contribution is 2.36. The molecule has 0 amide bonds. The van der Waals surface area contributed by atoms with Crippen LogP contribution in [0.5, 0.6) is 5.75 Å². The molecule has 0 aliphatic rings. The number of rotatable bonds is 7. The number of nitrogen functional groups attached to an aromatic ring is 1. The number of ether oxygens (including phenoxy) is 2. The summed E-state index contributed by atoms with van der Waals surface area (Å²) in [6, 6.07) is 11.3. The van der Waals surface area contributed by atoms with Gasteiger partial charge in [0.15, 0.2) is 11.6 Å². The van der Waals surface area contributed by atoms with Gasteiger partial charge in [0.1, 0.15) is 12.3 Å². The first-order chi connectivity index (χ1) is 14.3. The average Bonchev–Trinajstić information content (AvgIpc) is 2.72. The van der Waals surface area contributed by atoms with Crippen LogP contribution in [0.2, 0.25) is 15.1 Å². The zero-order valence-electron chi connectivity index (χ0n) is 15.7. The van der Waals surface area contributed by atoms with E-state index < -0.39 is 11.6 Å². The average molecular weight is 470 g/mol. The number of pyridine rings is 1. The van der Waals surface area contributed by atoms with Crippen LogP contribution in [0.15, 0.2) is 42.5 Å². The second kappa shape index (κ2) is 9.62. The van der Waals surface area contributed by atoms with Crippen molar-refractivity contribution in [1.82, 2.24) is 4.98 Å². The number of carbonyl (C=O) groups excluding carboxylic acids is 1. The zero-order valence-corrected chi connectivity index (χ0v) is 18.0. The third-order valence-electron chi connectivity index (χ3n) is 4.19. The van der Waals surface area contributed by atoms with Crippen molar-refractivity contribution in [1.29, 1.82) is 0 Å². The van der Waals surface area contributed by atoms with Crippen molar-refractivity contribution in [3.63, 3.8) is 0 Å². The lowest BCUT2D eigenvalue weighted by Gasteiger charge is -2.12. The largest absolute Gasteiger partial charge is 0.492 e. The molecule has 0 spiro atoms. The van der Waals surface area contributed by atoms with Gasteiger partial charge in [-0.1, -0.05) is 46.9 Å². The molecular weight excluding hydrogens is 454 g/mol. The molecule has 0 aliphatic heterocycles. The van der Waals surface area contributed by atoms with E-state index in [9.17, 15) is 9.18 Å². The fourth-order valence-corrected chi connectivity index (χ4v) is 3.25. The minimum Gasteiger partial charge on any atom is -0.492 e. The number of nitrogens with zero attached hydrogens (tertiary/aromatic N) is 1. The Bertz CT molecular complexity index is 1090. The summed E-state index contributed by atoms with van der Waals surface area (Å²) in [6.45, 7) is -0.0939. The first-order valence-corrected chi connectivity index (χ1v) is 9.79. The zero-order chi connectivity index (χ0) is 21.8. The molecule has 5 nitrogen and oxygen atoms in total. The fraction of sp³-hybridized carbons (Fsp3) is 0.143. The van der Waals surface area contributed by atoms with Gasteiger partial charge in [-0.2, -0.15) is 0 Å². The van der Waals surface area contributed by atoms with E-state index in [2.05, 4.69) is 4.98 Å². The Labute approximate surface area is 187 Å². The second-order valence-corrected chi connectivity index (χ2v) is 7.47. The first kappa shape index (κ1) is 22.3.